The number of H-pyrrole nitrogens is 1. The summed E-state index contributed by atoms with van der Waals surface area (Å²) in [7, 11) is 0. The van der Waals surface area contributed by atoms with Crippen LogP contribution in [0.4, 0.5) is 4.39 Å². The fourth-order valence-corrected chi connectivity index (χ4v) is 2.96. The Morgan fingerprint density at radius 3 is 2.84 bits per heavy atom. The highest BCUT2D eigenvalue weighted by Crippen LogP contribution is 2.41. The zero-order chi connectivity index (χ0) is 13.5. The van der Waals surface area contributed by atoms with E-state index in [1.165, 1.54) is 12.1 Å². The number of carboxylic acids is 1. The van der Waals surface area contributed by atoms with Crippen molar-refractivity contribution in [2.45, 2.75) is 32.1 Å². The maximum atomic E-state index is 13.1. The molecule has 0 atom stereocenters. The molecule has 1 aliphatic carbocycles. The molecule has 1 aromatic heterocycles. The second-order valence-corrected chi connectivity index (χ2v) is 5.31. The average molecular weight is 262 g/mol. The molecule has 0 spiro atoms. The van der Waals surface area contributed by atoms with Crippen LogP contribution in [0.25, 0.3) is 11.0 Å². The number of nitrogens with zero attached hydrogens (tertiary/aromatic N) is 1. The number of aromatic nitrogens is 2. The largest absolute Gasteiger partial charge is 0.481 e. The molecule has 1 fully saturated rings. The number of carbonyl (C=O) groups is 1. The SMILES string of the molecule is O=C(O)C1(Cc2nc3ccc(F)cc3[nH]2)CCCC1. The third-order valence-corrected chi connectivity index (χ3v) is 4.01. The van der Waals surface area contributed by atoms with Crippen molar-refractivity contribution in [3.05, 3.63) is 29.8 Å². The number of benzene rings is 1. The summed E-state index contributed by atoms with van der Waals surface area (Å²) in [6.07, 6.45) is 3.66. The van der Waals surface area contributed by atoms with E-state index in [1.54, 1.807) is 6.07 Å². The van der Waals surface area contributed by atoms with Gasteiger partial charge in [-0.05, 0) is 31.0 Å². The van der Waals surface area contributed by atoms with Gasteiger partial charge in [0.2, 0.25) is 0 Å². The van der Waals surface area contributed by atoms with Crippen LogP contribution in [0.1, 0.15) is 31.5 Å². The number of halogens is 1. The number of aliphatic carboxylic acids is 1. The molecule has 2 N–H and O–H groups in total. The quantitative estimate of drug-likeness (QED) is 0.893. The molecule has 0 amide bonds. The van der Waals surface area contributed by atoms with E-state index in [4.69, 9.17) is 0 Å². The van der Waals surface area contributed by atoms with Gasteiger partial charge in [0.25, 0.3) is 0 Å². The van der Waals surface area contributed by atoms with E-state index in [1.807, 2.05) is 0 Å². The number of imidazole rings is 1. The highest BCUT2D eigenvalue weighted by Gasteiger charge is 2.42. The molecule has 0 saturated heterocycles. The topological polar surface area (TPSA) is 66.0 Å². The smallest absolute Gasteiger partial charge is 0.310 e. The number of carboxylic acid groups (broad SMARTS) is 1. The summed E-state index contributed by atoms with van der Waals surface area (Å²) in [6, 6.07) is 4.34. The molecule has 5 heteroatoms. The van der Waals surface area contributed by atoms with Gasteiger partial charge in [-0.3, -0.25) is 4.79 Å². The number of hydrogen-bond donors (Lipinski definition) is 2. The van der Waals surface area contributed by atoms with E-state index in [9.17, 15) is 14.3 Å². The van der Waals surface area contributed by atoms with Crippen LogP contribution >= 0.6 is 0 Å². The minimum absolute atomic E-state index is 0.323. The minimum atomic E-state index is -0.753. The lowest BCUT2D eigenvalue weighted by Crippen LogP contribution is -2.30. The number of aromatic amines is 1. The monoisotopic (exact) mass is 262 g/mol. The molecule has 2 aromatic rings. The summed E-state index contributed by atoms with van der Waals surface area (Å²) >= 11 is 0. The Balaban J connectivity index is 1.94. The van der Waals surface area contributed by atoms with E-state index < -0.39 is 11.4 Å². The van der Waals surface area contributed by atoms with Gasteiger partial charge in [-0.1, -0.05) is 12.8 Å². The first-order valence-corrected chi connectivity index (χ1v) is 6.47. The van der Waals surface area contributed by atoms with Crippen LogP contribution in [0.5, 0.6) is 0 Å². The van der Waals surface area contributed by atoms with Gasteiger partial charge in [0.1, 0.15) is 11.6 Å². The molecular weight excluding hydrogens is 247 g/mol. The summed E-state index contributed by atoms with van der Waals surface area (Å²) in [5.74, 6) is -0.446. The fourth-order valence-electron chi connectivity index (χ4n) is 2.96. The molecule has 0 aliphatic heterocycles. The highest BCUT2D eigenvalue weighted by atomic mass is 19.1. The van der Waals surface area contributed by atoms with Gasteiger partial charge < -0.3 is 10.1 Å². The van der Waals surface area contributed by atoms with Gasteiger partial charge >= 0.3 is 5.97 Å². The van der Waals surface area contributed by atoms with Crippen LogP contribution in [0.15, 0.2) is 18.2 Å². The van der Waals surface area contributed by atoms with E-state index in [0.29, 0.717) is 36.1 Å². The van der Waals surface area contributed by atoms with Crippen molar-refractivity contribution in [3.8, 4) is 0 Å². The van der Waals surface area contributed by atoms with E-state index in [0.717, 1.165) is 12.8 Å². The summed E-state index contributed by atoms with van der Waals surface area (Å²) in [6.45, 7) is 0. The first-order chi connectivity index (χ1) is 9.09. The lowest BCUT2D eigenvalue weighted by molar-refractivity contribution is -0.148. The molecule has 1 aliphatic rings. The standard InChI is InChI=1S/C14H15FN2O2/c15-9-3-4-10-11(7-9)17-12(16-10)8-14(13(18)19)5-1-2-6-14/h3-4,7H,1-2,5-6,8H2,(H,16,17)(H,18,19). The zero-order valence-corrected chi connectivity index (χ0v) is 10.4. The Bertz CT molecular complexity index is 629. The third kappa shape index (κ3) is 2.09. The van der Waals surface area contributed by atoms with Crippen LogP contribution in [-0.4, -0.2) is 21.0 Å². The number of fused-ring (bicyclic) bond motifs is 1. The molecule has 0 bridgehead atoms. The molecule has 100 valence electrons. The van der Waals surface area contributed by atoms with E-state index in [2.05, 4.69) is 9.97 Å². The predicted octanol–water partition coefficient (Wildman–Crippen LogP) is 2.89. The Hall–Kier alpha value is -1.91. The van der Waals surface area contributed by atoms with Crippen LogP contribution < -0.4 is 0 Å². The predicted molar refractivity (Wildman–Crippen MR) is 68.3 cm³/mol. The molecule has 1 heterocycles. The summed E-state index contributed by atoms with van der Waals surface area (Å²) in [5.41, 5.74) is 0.593. The van der Waals surface area contributed by atoms with Crippen LogP contribution in [0, 0.1) is 11.2 Å². The van der Waals surface area contributed by atoms with Crippen LogP contribution in [-0.2, 0) is 11.2 Å². The number of hydrogen-bond acceptors (Lipinski definition) is 2. The molecular formula is C14H15FN2O2. The van der Waals surface area contributed by atoms with E-state index in [-0.39, 0.29) is 5.82 Å². The number of rotatable bonds is 3. The Kier molecular flexibility index (Phi) is 2.77. The maximum absolute atomic E-state index is 13.1. The summed E-state index contributed by atoms with van der Waals surface area (Å²) in [5, 5.41) is 9.44. The van der Waals surface area contributed by atoms with Crippen LogP contribution in [0.2, 0.25) is 0 Å². The first-order valence-electron chi connectivity index (χ1n) is 6.47. The molecule has 3 rings (SSSR count). The van der Waals surface area contributed by atoms with Crippen molar-refractivity contribution in [1.82, 2.24) is 9.97 Å². The van der Waals surface area contributed by atoms with Crippen molar-refractivity contribution in [2.24, 2.45) is 5.41 Å². The molecule has 1 aromatic carbocycles. The molecule has 0 radical (unpaired) electrons. The molecule has 19 heavy (non-hydrogen) atoms. The average Bonchev–Trinajstić information content (AvgIpc) is 2.96. The number of nitrogens with one attached hydrogen (secondary N) is 1. The zero-order valence-electron chi connectivity index (χ0n) is 10.4. The van der Waals surface area contributed by atoms with Crippen molar-refractivity contribution >= 4 is 17.0 Å². The molecule has 1 saturated carbocycles. The molecule has 0 unspecified atom stereocenters. The van der Waals surface area contributed by atoms with Gasteiger partial charge in [0.15, 0.2) is 0 Å². The van der Waals surface area contributed by atoms with Gasteiger partial charge in [-0.25, -0.2) is 9.37 Å². The normalized spacial score (nSPS) is 17.9. The van der Waals surface area contributed by atoms with Gasteiger partial charge in [0, 0.05) is 6.42 Å². The third-order valence-electron chi connectivity index (χ3n) is 4.01. The second kappa shape index (κ2) is 4.33. The second-order valence-electron chi connectivity index (χ2n) is 5.31. The minimum Gasteiger partial charge on any atom is -0.481 e. The Morgan fingerprint density at radius 2 is 2.16 bits per heavy atom. The molecule has 4 nitrogen and oxygen atoms in total. The van der Waals surface area contributed by atoms with Crippen molar-refractivity contribution in [3.63, 3.8) is 0 Å². The lowest BCUT2D eigenvalue weighted by atomic mass is 9.82. The van der Waals surface area contributed by atoms with Crippen LogP contribution in [0.3, 0.4) is 0 Å². The van der Waals surface area contributed by atoms with Crippen molar-refractivity contribution < 1.29 is 14.3 Å². The van der Waals surface area contributed by atoms with Crippen molar-refractivity contribution in [1.29, 1.82) is 0 Å². The van der Waals surface area contributed by atoms with Gasteiger partial charge in [-0.2, -0.15) is 0 Å². The maximum Gasteiger partial charge on any atom is 0.310 e. The fraction of sp³-hybridized carbons (Fsp3) is 0.429. The first kappa shape index (κ1) is 12.1. The summed E-state index contributed by atoms with van der Waals surface area (Å²) < 4.78 is 13.1. The van der Waals surface area contributed by atoms with Crippen molar-refractivity contribution in [2.75, 3.05) is 0 Å². The van der Waals surface area contributed by atoms with E-state index >= 15 is 0 Å². The van der Waals surface area contributed by atoms with Gasteiger partial charge in [-0.15, -0.1) is 0 Å². The Morgan fingerprint density at radius 1 is 1.42 bits per heavy atom. The van der Waals surface area contributed by atoms with Gasteiger partial charge in [0.05, 0.1) is 16.4 Å². The summed E-state index contributed by atoms with van der Waals surface area (Å²) in [4.78, 5) is 18.9. The lowest BCUT2D eigenvalue weighted by Gasteiger charge is -2.22. The highest BCUT2D eigenvalue weighted by molar-refractivity contribution is 5.77. The Labute approximate surface area is 109 Å².